The summed E-state index contributed by atoms with van der Waals surface area (Å²) in [5.74, 6) is 1.30. The highest BCUT2D eigenvalue weighted by Crippen LogP contribution is 2.26. The molecule has 0 unspecified atom stereocenters. The number of thiophene rings is 1. The van der Waals surface area contributed by atoms with Crippen molar-refractivity contribution in [1.29, 1.82) is 0 Å². The molecule has 3 rings (SSSR count). The number of fused-ring (bicyclic) bond motifs is 1. The molecule has 2 heterocycles. The fourth-order valence-corrected chi connectivity index (χ4v) is 3.43. The number of nitrogens with one attached hydrogen (secondary N) is 1. The molecule has 0 aliphatic rings. The predicted molar refractivity (Wildman–Crippen MR) is 89.9 cm³/mol. The zero-order chi connectivity index (χ0) is 14.8. The fourth-order valence-electron chi connectivity index (χ4n) is 1.97. The van der Waals surface area contributed by atoms with Crippen LogP contribution in [0.15, 0.2) is 38.9 Å². The number of para-hydroxylation sites is 1. The monoisotopic (exact) mass is 362 g/mol. The lowest BCUT2D eigenvalue weighted by Gasteiger charge is -2.03. The molecule has 1 N–H and O–H groups in total. The summed E-state index contributed by atoms with van der Waals surface area (Å²) < 4.78 is 6.17. The number of nitrogens with zero attached hydrogens (tertiary/aromatic N) is 1. The Bertz CT molecular complexity index is 883. The van der Waals surface area contributed by atoms with Gasteiger partial charge in [0.1, 0.15) is 16.4 Å². The van der Waals surface area contributed by atoms with E-state index in [0.717, 1.165) is 15.1 Å². The molecule has 0 amide bonds. The smallest absolute Gasteiger partial charge is 0.259 e. The third kappa shape index (κ3) is 2.91. The standard InChI is InChI=1S/C15H11BrN2O2S/c1-20-11-5-3-2-4-9(11)6-7-13-17-14(19)10-8-12(16)21-15(10)18-13/h2-8H,1H3,(H,17,18,19)/b7-6+. The quantitative estimate of drug-likeness (QED) is 0.767. The van der Waals surface area contributed by atoms with Crippen LogP contribution in [-0.2, 0) is 0 Å². The van der Waals surface area contributed by atoms with Gasteiger partial charge in [0.25, 0.3) is 5.56 Å². The minimum Gasteiger partial charge on any atom is -0.496 e. The molecule has 0 saturated heterocycles. The highest BCUT2D eigenvalue weighted by Gasteiger charge is 2.06. The molecule has 0 fully saturated rings. The SMILES string of the molecule is COc1ccccc1/C=C/c1nc2sc(Br)cc2c(=O)[nH]1. The summed E-state index contributed by atoms with van der Waals surface area (Å²) in [4.78, 5) is 19.9. The number of ether oxygens (including phenoxy) is 1. The Hall–Kier alpha value is -1.92. The Kier molecular flexibility index (Phi) is 3.90. The van der Waals surface area contributed by atoms with Gasteiger partial charge in [-0.2, -0.15) is 0 Å². The normalized spacial score (nSPS) is 11.3. The molecule has 6 heteroatoms. The summed E-state index contributed by atoms with van der Waals surface area (Å²) in [6.07, 6.45) is 3.64. The number of rotatable bonds is 3. The lowest BCUT2D eigenvalue weighted by Crippen LogP contribution is -2.07. The predicted octanol–water partition coefficient (Wildman–Crippen LogP) is 3.93. The van der Waals surface area contributed by atoms with Crippen molar-refractivity contribution in [2.75, 3.05) is 7.11 Å². The second-order valence-corrected chi connectivity index (χ2v) is 6.71. The van der Waals surface area contributed by atoms with Gasteiger partial charge in [-0.3, -0.25) is 4.79 Å². The highest BCUT2D eigenvalue weighted by molar-refractivity contribution is 9.11. The molecule has 2 aromatic heterocycles. The summed E-state index contributed by atoms with van der Waals surface area (Å²) in [6.45, 7) is 0. The molecule has 0 aliphatic carbocycles. The van der Waals surface area contributed by atoms with Crippen LogP contribution >= 0.6 is 27.3 Å². The second kappa shape index (κ2) is 5.83. The van der Waals surface area contributed by atoms with E-state index in [1.165, 1.54) is 11.3 Å². The van der Waals surface area contributed by atoms with Crippen LogP contribution in [0.2, 0.25) is 0 Å². The summed E-state index contributed by atoms with van der Waals surface area (Å²) in [5, 5.41) is 0.598. The number of aromatic nitrogens is 2. The van der Waals surface area contributed by atoms with Gasteiger partial charge >= 0.3 is 0 Å². The number of halogens is 1. The van der Waals surface area contributed by atoms with E-state index in [9.17, 15) is 4.79 Å². The van der Waals surface area contributed by atoms with Crippen LogP contribution in [0, 0.1) is 0 Å². The van der Waals surface area contributed by atoms with E-state index in [1.54, 1.807) is 19.3 Å². The van der Waals surface area contributed by atoms with Crippen molar-refractivity contribution in [2.45, 2.75) is 0 Å². The van der Waals surface area contributed by atoms with Crippen molar-refractivity contribution in [3.63, 3.8) is 0 Å². The number of hydrogen-bond donors (Lipinski definition) is 1. The van der Waals surface area contributed by atoms with Gasteiger partial charge in [0.15, 0.2) is 0 Å². The number of hydrogen-bond acceptors (Lipinski definition) is 4. The molecule has 0 bridgehead atoms. The van der Waals surface area contributed by atoms with E-state index in [2.05, 4.69) is 25.9 Å². The Morgan fingerprint density at radius 2 is 2.14 bits per heavy atom. The maximum absolute atomic E-state index is 12.0. The lowest BCUT2D eigenvalue weighted by molar-refractivity contribution is 0.414. The average molecular weight is 363 g/mol. The van der Waals surface area contributed by atoms with Crippen LogP contribution in [0.1, 0.15) is 11.4 Å². The third-order valence-electron chi connectivity index (χ3n) is 2.95. The molecular weight excluding hydrogens is 352 g/mol. The van der Waals surface area contributed by atoms with Crippen molar-refractivity contribution in [1.82, 2.24) is 9.97 Å². The van der Waals surface area contributed by atoms with E-state index in [0.29, 0.717) is 16.0 Å². The Morgan fingerprint density at radius 3 is 2.95 bits per heavy atom. The fraction of sp³-hybridized carbons (Fsp3) is 0.0667. The second-order valence-electron chi connectivity index (χ2n) is 4.30. The van der Waals surface area contributed by atoms with Crippen LogP contribution in [0.4, 0.5) is 0 Å². The van der Waals surface area contributed by atoms with E-state index in [1.807, 2.05) is 30.3 Å². The third-order valence-corrected chi connectivity index (χ3v) is 4.48. The summed E-state index contributed by atoms with van der Waals surface area (Å²) in [6, 6.07) is 9.44. The molecule has 4 nitrogen and oxygen atoms in total. The van der Waals surface area contributed by atoms with E-state index in [4.69, 9.17) is 4.74 Å². The molecule has 0 saturated carbocycles. The van der Waals surface area contributed by atoms with Crippen molar-refractivity contribution in [2.24, 2.45) is 0 Å². The van der Waals surface area contributed by atoms with Crippen molar-refractivity contribution >= 4 is 49.6 Å². The van der Waals surface area contributed by atoms with Crippen LogP contribution in [-0.4, -0.2) is 17.1 Å². The molecule has 0 radical (unpaired) electrons. The molecule has 3 aromatic rings. The first-order valence-corrected chi connectivity index (χ1v) is 7.79. The minimum absolute atomic E-state index is 0.137. The average Bonchev–Trinajstić information content (AvgIpc) is 2.86. The van der Waals surface area contributed by atoms with Gasteiger partial charge in [0, 0.05) is 5.56 Å². The Labute approximate surface area is 133 Å². The molecule has 0 spiro atoms. The van der Waals surface area contributed by atoms with Crippen LogP contribution in [0.5, 0.6) is 5.75 Å². The Morgan fingerprint density at radius 1 is 1.33 bits per heavy atom. The summed E-state index contributed by atoms with van der Waals surface area (Å²) in [5.41, 5.74) is 0.789. The summed E-state index contributed by atoms with van der Waals surface area (Å²) in [7, 11) is 1.63. The van der Waals surface area contributed by atoms with Crippen molar-refractivity contribution in [3.8, 4) is 5.75 Å². The summed E-state index contributed by atoms with van der Waals surface area (Å²) >= 11 is 4.81. The number of benzene rings is 1. The van der Waals surface area contributed by atoms with Gasteiger partial charge < -0.3 is 9.72 Å². The first-order valence-electron chi connectivity index (χ1n) is 6.18. The van der Waals surface area contributed by atoms with E-state index >= 15 is 0 Å². The highest BCUT2D eigenvalue weighted by atomic mass is 79.9. The van der Waals surface area contributed by atoms with Gasteiger partial charge in [-0.1, -0.05) is 18.2 Å². The van der Waals surface area contributed by atoms with Gasteiger partial charge in [-0.25, -0.2) is 4.98 Å². The molecule has 106 valence electrons. The number of H-pyrrole nitrogens is 1. The number of aromatic amines is 1. The Balaban J connectivity index is 2.01. The topological polar surface area (TPSA) is 55.0 Å². The van der Waals surface area contributed by atoms with E-state index in [-0.39, 0.29) is 5.56 Å². The lowest BCUT2D eigenvalue weighted by atomic mass is 10.2. The maximum atomic E-state index is 12.0. The molecular formula is C15H11BrN2O2S. The first-order chi connectivity index (χ1) is 10.2. The van der Waals surface area contributed by atoms with Crippen molar-refractivity contribution in [3.05, 3.63) is 55.9 Å². The molecule has 21 heavy (non-hydrogen) atoms. The van der Waals surface area contributed by atoms with Gasteiger partial charge in [-0.05, 0) is 40.2 Å². The van der Waals surface area contributed by atoms with E-state index < -0.39 is 0 Å². The van der Waals surface area contributed by atoms with Gasteiger partial charge in [-0.15, -0.1) is 11.3 Å². The first kappa shape index (κ1) is 14.0. The van der Waals surface area contributed by atoms with Crippen LogP contribution in [0.3, 0.4) is 0 Å². The maximum Gasteiger partial charge on any atom is 0.259 e. The molecule has 1 aromatic carbocycles. The zero-order valence-corrected chi connectivity index (χ0v) is 13.5. The van der Waals surface area contributed by atoms with Crippen LogP contribution in [0.25, 0.3) is 22.4 Å². The van der Waals surface area contributed by atoms with Crippen LogP contribution < -0.4 is 10.3 Å². The molecule has 0 aliphatic heterocycles. The number of methoxy groups -OCH3 is 1. The van der Waals surface area contributed by atoms with Gasteiger partial charge in [0.05, 0.1) is 16.3 Å². The van der Waals surface area contributed by atoms with Gasteiger partial charge in [0.2, 0.25) is 0 Å². The minimum atomic E-state index is -0.137. The van der Waals surface area contributed by atoms with Crippen molar-refractivity contribution < 1.29 is 4.74 Å². The molecule has 0 atom stereocenters. The zero-order valence-electron chi connectivity index (χ0n) is 11.1. The largest absolute Gasteiger partial charge is 0.496 e.